The predicted molar refractivity (Wildman–Crippen MR) is 131 cm³/mol. The number of benzene rings is 3. The quantitative estimate of drug-likeness (QED) is 0.354. The maximum atomic E-state index is 13.3. The largest absolute Gasteiger partial charge is 0.328 e. The molecule has 33 heavy (non-hydrogen) atoms. The smallest absolute Gasteiger partial charge is 0.234 e. The van der Waals surface area contributed by atoms with E-state index in [2.05, 4.69) is 15.3 Å². The summed E-state index contributed by atoms with van der Waals surface area (Å²) in [5.74, 6) is 0.215. The van der Waals surface area contributed by atoms with E-state index in [1.165, 1.54) is 0 Å². The van der Waals surface area contributed by atoms with Crippen LogP contribution in [0.2, 0.25) is 0 Å². The topological polar surface area (TPSA) is 91.9 Å². The summed E-state index contributed by atoms with van der Waals surface area (Å²) >= 11 is 1.09. The number of aryl methyl sites for hydroxylation is 2. The molecule has 2 N–H and O–H groups in total. The number of anilines is 1. The average Bonchev–Trinajstić information content (AvgIpc) is 3.25. The molecule has 0 saturated heterocycles. The van der Waals surface area contributed by atoms with Crippen LogP contribution >= 0.6 is 11.8 Å². The summed E-state index contributed by atoms with van der Waals surface area (Å²) in [6.07, 6.45) is 0. The van der Waals surface area contributed by atoms with Gasteiger partial charge in [-0.05, 0) is 37.6 Å². The number of rotatable bonds is 7. The molecule has 168 valence electrons. The summed E-state index contributed by atoms with van der Waals surface area (Å²) in [4.78, 5) is 20.3. The first-order valence-corrected chi connectivity index (χ1v) is 12.8. The molecule has 3 aromatic carbocycles. The number of hydrogen-bond acceptors (Lipinski definition) is 5. The average molecular weight is 478 g/mol. The number of imidazole rings is 1. The number of para-hydroxylation sites is 1. The van der Waals surface area contributed by atoms with Crippen LogP contribution in [0.25, 0.3) is 11.4 Å². The Kier molecular flexibility index (Phi) is 6.67. The Morgan fingerprint density at radius 2 is 1.61 bits per heavy atom. The van der Waals surface area contributed by atoms with Crippen molar-refractivity contribution in [1.82, 2.24) is 9.97 Å². The highest BCUT2D eigenvalue weighted by Crippen LogP contribution is 2.32. The van der Waals surface area contributed by atoms with E-state index in [1.54, 1.807) is 30.3 Å². The van der Waals surface area contributed by atoms with Crippen LogP contribution in [0, 0.1) is 13.8 Å². The van der Waals surface area contributed by atoms with E-state index in [0.29, 0.717) is 5.82 Å². The van der Waals surface area contributed by atoms with E-state index >= 15 is 0 Å². The maximum Gasteiger partial charge on any atom is 0.234 e. The molecule has 0 aliphatic carbocycles. The number of nitrogens with one attached hydrogen (secondary N) is 2. The van der Waals surface area contributed by atoms with Gasteiger partial charge in [0.25, 0.3) is 0 Å². The molecule has 1 heterocycles. The molecule has 0 bridgehead atoms. The summed E-state index contributed by atoms with van der Waals surface area (Å²) in [5.41, 5.74) is 3.53. The highest BCUT2D eigenvalue weighted by atomic mass is 32.2. The molecule has 0 saturated carbocycles. The van der Waals surface area contributed by atoms with Gasteiger partial charge in [0.2, 0.25) is 15.7 Å². The highest BCUT2D eigenvalue weighted by molar-refractivity contribution is 8.00. The summed E-state index contributed by atoms with van der Waals surface area (Å²) in [6, 6.07) is 23.3. The Bertz CT molecular complexity index is 1380. The molecule has 0 aliphatic heterocycles. The molecule has 4 aromatic rings. The van der Waals surface area contributed by atoms with Crippen LogP contribution < -0.4 is 5.32 Å². The molecule has 0 fully saturated rings. The molecule has 0 atom stereocenters. The van der Waals surface area contributed by atoms with Gasteiger partial charge in [-0.1, -0.05) is 78.0 Å². The fourth-order valence-corrected chi connectivity index (χ4v) is 5.66. The van der Waals surface area contributed by atoms with Crippen LogP contribution in [0.15, 0.2) is 93.8 Å². The van der Waals surface area contributed by atoms with Crippen LogP contribution in [-0.2, 0) is 14.6 Å². The Balaban J connectivity index is 1.65. The number of aromatic amines is 1. The SMILES string of the molecule is Cc1ccc(-c2nc(SCC(=O)Nc3ccccc3C)c(S(=O)(=O)c3ccccc3)[nH]2)cc1. The Hall–Kier alpha value is -3.36. The number of sulfone groups is 1. The number of thioether (sulfide) groups is 1. The third kappa shape index (κ3) is 5.18. The van der Waals surface area contributed by atoms with E-state index in [0.717, 1.165) is 34.1 Å². The maximum absolute atomic E-state index is 13.3. The number of carbonyl (C=O) groups is 1. The van der Waals surface area contributed by atoms with Crippen molar-refractivity contribution in [3.63, 3.8) is 0 Å². The Labute approximate surface area is 197 Å². The van der Waals surface area contributed by atoms with E-state index in [1.807, 2.05) is 62.4 Å². The van der Waals surface area contributed by atoms with E-state index in [9.17, 15) is 13.2 Å². The van der Waals surface area contributed by atoms with E-state index < -0.39 is 9.84 Å². The second kappa shape index (κ2) is 9.64. The number of H-pyrrole nitrogens is 1. The minimum absolute atomic E-state index is 0.0158. The first-order valence-electron chi connectivity index (χ1n) is 10.3. The molecule has 0 unspecified atom stereocenters. The zero-order valence-corrected chi connectivity index (χ0v) is 19.8. The molecule has 0 spiro atoms. The molecule has 4 rings (SSSR count). The first-order chi connectivity index (χ1) is 15.8. The monoisotopic (exact) mass is 477 g/mol. The zero-order valence-electron chi connectivity index (χ0n) is 18.2. The van der Waals surface area contributed by atoms with Crippen molar-refractivity contribution in [3.8, 4) is 11.4 Å². The van der Waals surface area contributed by atoms with Crippen molar-refractivity contribution in [3.05, 3.63) is 90.0 Å². The van der Waals surface area contributed by atoms with Gasteiger partial charge in [0.15, 0.2) is 5.03 Å². The van der Waals surface area contributed by atoms with Crippen molar-refractivity contribution in [2.75, 3.05) is 11.1 Å². The van der Waals surface area contributed by atoms with Crippen LogP contribution in [0.1, 0.15) is 11.1 Å². The molecule has 0 radical (unpaired) electrons. The predicted octanol–water partition coefficient (Wildman–Crippen LogP) is 5.26. The standard InChI is InChI=1S/C25H23N3O3S2/c1-17-12-14-19(15-13-17)23-27-24(25(28-23)33(30,31)20-9-4-3-5-10-20)32-16-22(29)26-21-11-7-6-8-18(21)2/h3-15H,16H2,1-2H3,(H,26,29)(H,27,28). The van der Waals surface area contributed by atoms with Crippen molar-refractivity contribution < 1.29 is 13.2 Å². The summed E-state index contributed by atoms with van der Waals surface area (Å²) in [5, 5.41) is 3.11. The molecule has 6 nitrogen and oxygen atoms in total. The summed E-state index contributed by atoms with van der Waals surface area (Å²) in [7, 11) is -3.85. The number of amides is 1. The normalized spacial score (nSPS) is 11.3. The zero-order chi connectivity index (χ0) is 23.4. The fraction of sp³-hybridized carbons (Fsp3) is 0.120. The lowest BCUT2D eigenvalue weighted by atomic mass is 10.1. The van der Waals surface area contributed by atoms with Gasteiger partial charge in [-0.25, -0.2) is 13.4 Å². The van der Waals surface area contributed by atoms with Crippen molar-refractivity contribution >= 4 is 33.2 Å². The van der Waals surface area contributed by atoms with Gasteiger partial charge < -0.3 is 10.3 Å². The molecule has 0 aliphatic rings. The summed E-state index contributed by atoms with van der Waals surface area (Å²) < 4.78 is 26.7. The van der Waals surface area contributed by atoms with Gasteiger partial charge >= 0.3 is 0 Å². The van der Waals surface area contributed by atoms with Crippen molar-refractivity contribution in [2.24, 2.45) is 0 Å². The Morgan fingerprint density at radius 1 is 0.939 bits per heavy atom. The van der Waals surface area contributed by atoms with Crippen LogP contribution in [0.3, 0.4) is 0 Å². The lowest BCUT2D eigenvalue weighted by Crippen LogP contribution is -2.15. The lowest BCUT2D eigenvalue weighted by molar-refractivity contribution is -0.113. The molecule has 1 aromatic heterocycles. The van der Waals surface area contributed by atoms with Crippen LogP contribution in [0.5, 0.6) is 0 Å². The van der Waals surface area contributed by atoms with Crippen molar-refractivity contribution in [1.29, 1.82) is 0 Å². The second-order valence-corrected chi connectivity index (χ2v) is 10.4. The van der Waals surface area contributed by atoms with Crippen LogP contribution in [0.4, 0.5) is 5.69 Å². The number of carbonyl (C=O) groups excluding carboxylic acids is 1. The molecule has 1 amide bonds. The van der Waals surface area contributed by atoms with Gasteiger partial charge in [0, 0.05) is 11.3 Å². The van der Waals surface area contributed by atoms with E-state index in [4.69, 9.17) is 0 Å². The fourth-order valence-electron chi connectivity index (χ4n) is 3.22. The van der Waals surface area contributed by atoms with Crippen molar-refractivity contribution in [2.45, 2.75) is 28.8 Å². The van der Waals surface area contributed by atoms with Gasteiger partial charge in [0.1, 0.15) is 10.9 Å². The molecular weight excluding hydrogens is 454 g/mol. The summed E-state index contributed by atoms with van der Waals surface area (Å²) in [6.45, 7) is 3.89. The van der Waals surface area contributed by atoms with Gasteiger partial charge in [-0.15, -0.1) is 0 Å². The minimum Gasteiger partial charge on any atom is -0.328 e. The molecular formula is C25H23N3O3S2. The third-order valence-electron chi connectivity index (χ3n) is 5.05. The van der Waals surface area contributed by atoms with Gasteiger partial charge in [-0.2, -0.15) is 0 Å². The van der Waals surface area contributed by atoms with Crippen LogP contribution in [-0.4, -0.2) is 30.0 Å². The third-order valence-corrected chi connectivity index (χ3v) is 7.88. The lowest BCUT2D eigenvalue weighted by Gasteiger charge is -2.08. The first kappa shape index (κ1) is 22.8. The number of nitrogens with zero attached hydrogens (tertiary/aromatic N) is 1. The van der Waals surface area contributed by atoms with Gasteiger partial charge in [-0.3, -0.25) is 4.79 Å². The number of aromatic nitrogens is 2. The Morgan fingerprint density at radius 3 is 2.30 bits per heavy atom. The number of hydrogen-bond donors (Lipinski definition) is 2. The van der Waals surface area contributed by atoms with Gasteiger partial charge in [0.05, 0.1) is 10.6 Å². The second-order valence-electron chi connectivity index (χ2n) is 7.55. The highest BCUT2D eigenvalue weighted by Gasteiger charge is 2.26. The molecule has 8 heteroatoms. The minimum atomic E-state index is -3.85. The van der Waals surface area contributed by atoms with E-state index in [-0.39, 0.29) is 26.6 Å².